The van der Waals surface area contributed by atoms with E-state index in [4.69, 9.17) is 19.1 Å². The molecule has 1 aliphatic heterocycles. The Bertz CT molecular complexity index is 778. The van der Waals surface area contributed by atoms with Crippen molar-refractivity contribution in [1.29, 1.82) is 0 Å². The number of hydrogen-bond acceptors (Lipinski definition) is 2. The van der Waals surface area contributed by atoms with Gasteiger partial charge in [0.25, 0.3) is 0 Å². The minimum atomic E-state index is -0.473. The molecule has 0 aliphatic carbocycles. The standard InChI is InChI=1S/C13H12O2/c1-2-6-12-10(4-1)5-3-7-13(12)15-9-11-8-14-11/h1-7,11H,8-9H2/i1D,2D,3D,4D,5D,6D,7D. The molecule has 2 aromatic carbocycles. The van der Waals surface area contributed by atoms with Gasteiger partial charge in [0.1, 0.15) is 18.5 Å². The average molecular weight is 207 g/mol. The van der Waals surface area contributed by atoms with E-state index in [1.54, 1.807) is 0 Å². The molecule has 76 valence electrons. The zero-order chi connectivity index (χ0) is 16.2. The van der Waals surface area contributed by atoms with Crippen molar-refractivity contribution in [3.05, 3.63) is 42.3 Å². The van der Waals surface area contributed by atoms with Gasteiger partial charge in [-0.1, -0.05) is 36.3 Å². The number of benzene rings is 2. The van der Waals surface area contributed by atoms with Crippen molar-refractivity contribution in [3.63, 3.8) is 0 Å². The summed E-state index contributed by atoms with van der Waals surface area (Å²) in [6, 6.07) is -2.89. The fraction of sp³-hybridized carbons (Fsp3) is 0.231. The number of fused-ring (bicyclic) bond motifs is 1. The molecule has 3 rings (SSSR count). The van der Waals surface area contributed by atoms with Crippen LogP contribution in [0.1, 0.15) is 9.60 Å². The van der Waals surface area contributed by atoms with Crippen LogP contribution in [0.2, 0.25) is 0 Å². The summed E-state index contributed by atoms with van der Waals surface area (Å²) in [5.74, 6) is -0.0986. The average Bonchev–Trinajstić information content (AvgIpc) is 3.31. The molecule has 0 amide bonds. The fourth-order valence-corrected chi connectivity index (χ4v) is 1.24. The first-order valence-corrected chi connectivity index (χ1v) is 4.58. The Labute approximate surface area is 98.3 Å². The highest BCUT2D eigenvalue weighted by Gasteiger charge is 2.23. The smallest absolute Gasteiger partial charge is 0.127 e. The van der Waals surface area contributed by atoms with E-state index in [2.05, 4.69) is 0 Å². The van der Waals surface area contributed by atoms with Gasteiger partial charge < -0.3 is 9.47 Å². The molecule has 0 radical (unpaired) electrons. The molecule has 0 bridgehead atoms. The van der Waals surface area contributed by atoms with Crippen LogP contribution in [0.25, 0.3) is 10.8 Å². The molecule has 1 unspecified atom stereocenters. The van der Waals surface area contributed by atoms with E-state index in [1.807, 2.05) is 0 Å². The molecule has 0 spiro atoms. The number of hydrogen-bond donors (Lipinski definition) is 0. The molecule has 1 fully saturated rings. The Morgan fingerprint density at radius 2 is 2.07 bits per heavy atom. The van der Waals surface area contributed by atoms with Crippen LogP contribution in [0.5, 0.6) is 5.75 Å². The second-order valence-corrected chi connectivity index (χ2v) is 3.22. The van der Waals surface area contributed by atoms with E-state index in [0.29, 0.717) is 6.61 Å². The van der Waals surface area contributed by atoms with Gasteiger partial charge in [0.05, 0.1) is 16.2 Å². The summed E-state index contributed by atoms with van der Waals surface area (Å²) in [5.41, 5.74) is 0. The van der Waals surface area contributed by atoms with Crippen molar-refractivity contribution >= 4 is 10.8 Å². The summed E-state index contributed by atoms with van der Waals surface area (Å²) in [4.78, 5) is 0. The zero-order valence-corrected chi connectivity index (χ0v) is 7.81. The lowest BCUT2D eigenvalue weighted by molar-refractivity contribution is 0.265. The van der Waals surface area contributed by atoms with Crippen LogP contribution < -0.4 is 4.74 Å². The largest absolute Gasteiger partial charge is 0.490 e. The molecular weight excluding hydrogens is 188 g/mol. The lowest BCUT2D eigenvalue weighted by Gasteiger charge is -2.07. The highest BCUT2D eigenvalue weighted by Crippen LogP contribution is 2.25. The summed E-state index contributed by atoms with van der Waals surface area (Å²) in [6.07, 6.45) is -0.102. The van der Waals surface area contributed by atoms with Crippen LogP contribution >= 0.6 is 0 Å². The third kappa shape index (κ3) is 1.81. The normalized spacial score (nSPS) is 25.6. The minimum Gasteiger partial charge on any atom is -0.490 e. The Hall–Kier alpha value is -1.54. The number of rotatable bonds is 3. The van der Waals surface area contributed by atoms with Gasteiger partial charge in [-0.3, -0.25) is 0 Å². The van der Waals surface area contributed by atoms with Crippen molar-refractivity contribution in [2.24, 2.45) is 0 Å². The second kappa shape index (κ2) is 3.55. The topological polar surface area (TPSA) is 21.8 Å². The molecule has 15 heavy (non-hydrogen) atoms. The van der Waals surface area contributed by atoms with E-state index in [-0.39, 0.29) is 41.3 Å². The van der Waals surface area contributed by atoms with Crippen molar-refractivity contribution in [1.82, 2.24) is 0 Å². The van der Waals surface area contributed by atoms with Crippen LogP contribution in [0.3, 0.4) is 0 Å². The summed E-state index contributed by atoms with van der Waals surface area (Å²) in [5, 5.41) is -0.128. The van der Waals surface area contributed by atoms with Crippen molar-refractivity contribution < 1.29 is 19.1 Å². The monoisotopic (exact) mass is 207 g/mol. The van der Waals surface area contributed by atoms with E-state index >= 15 is 0 Å². The first kappa shape index (κ1) is 4.14. The van der Waals surface area contributed by atoms with Crippen LogP contribution in [0.15, 0.2) is 42.3 Å². The lowest BCUT2D eigenvalue weighted by atomic mass is 10.1. The van der Waals surface area contributed by atoms with E-state index in [1.165, 1.54) is 0 Å². The second-order valence-electron chi connectivity index (χ2n) is 3.22. The maximum atomic E-state index is 8.00. The van der Waals surface area contributed by atoms with Gasteiger partial charge in [0, 0.05) is 5.39 Å². The van der Waals surface area contributed by atoms with Gasteiger partial charge in [-0.15, -0.1) is 0 Å². The SMILES string of the molecule is [2H]c1c([2H])c([2H])c2c(OCC3CO3)c([2H])c([2H])c([2H])c2c1[2H]. The van der Waals surface area contributed by atoms with Crippen molar-refractivity contribution in [3.8, 4) is 5.75 Å². The predicted octanol–water partition coefficient (Wildman–Crippen LogP) is 2.62. The van der Waals surface area contributed by atoms with Crippen LogP contribution in [0, 0.1) is 0 Å². The highest BCUT2D eigenvalue weighted by atomic mass is 16.6. The molecule has 0 saturated carbocycles. The Morgan fingerprint density at radius 3 is 2.93 bits per heavy atom. The maximum Gasteiger partial charge on any atom is 0.127 e. The summed E-state index contributed by atoms with van der Waals surface area (Å²) in [6.45, 7) is 0.675. The van der Waals surface area contributed by atoms with E-state index in [9.17, 15) is 0 Å². The molecule has 2 heteroatoms. The van der Waals surface area contributed by atoms with Crippen LogP contribution in [-0.2, 0) is 4.74 Å². The molecule has 2 nitrogen and oxygen atoms in total. The molecule has 1 atom stereocenters. The third-order valence-corrected chi connectivity index (χ3v) is 2.09. The Morgan fingerprint density at radius 1 is 1.27 bits per heavy atom. The van der Waals surface area contributed by atoms with Gasteiger partial charge in [-0.25, -0.2) is 0 Å². The van der Waals surface area contributed by atoms with Gasteiger partial charge in [0.15, 0.2) is 0 Å². The van der Waals surface area contributed by atoms with Gasteiger partial charge in [-0.05, 0) is 11.4 Å². The molecule has 1 aliphatic rings. The molecule has 0 aromatic heterocycles. The van der Waals surface area contributed by atoms with E-state index < -0.39 is 30.2 Å². The molecule has 2 aromatic rings. The fourth-order valence-electron chi connectivity index (χ4n) is 1.24. The van der Waals surface area contributed by atoms with Crippen LogP contribution in [0.4, 0.5) is 0 Å². The minimum absolute atomic E-state index is 0.0300. The Kier molecular flexibility index (Phi) is 0.981. The predicted molar refractivity (Wildman–Crippen MR) is 59.2 cm³/mol. The van der Waals surface area contributed by atoms with Crippen molar-refractivity contribution in [2.45, 2.75) is 6.10 Å². The maximum absolute atomic E-state index is 8.00. The number of epoxide rings is 1. The van der Waals surface area contributed by atoms with Gasteiger partial charge >= 0.3 is 0 Å². The molecule has 1 saturated heterocycles. The zero-order valence-electron chi connectivity index (χ0n) is 14.8. The summed E-state index contributed by atoms with van der Waals surface area (Å²) in [7, 11) is 0. The molecular formula is C13H12O2. The Balaban J connectivity index is 2.36. The van der Waals surface area contributed by atoms with Gasteiger partial charge in [-0.2, -0.15) is 0 Å². The van der Waals surface area contributed by atoms with Crippen molar-refractivity contribution in [2.75, 3.05) is 13.2 Å². The number of ether oxygens (including phenoxy) is 2. The quantitative estimate of drug-likeness (QED) is 0.722. The summed E-state index contributed by atoms with van der Waals surface area (Å²) < 4.78 is 65.5. The van der Waals surface area contributed by atoms with E-state index in [0.717, 1.165) is 0 Å². The lowest BCUT2D eigenvalue weighted by Crippen LogP contribution is -2.04. The highest BCUT2D eigenvalue weighted by molar-refractivity contribution is 5.88. The first-order valence-electron chi connectivity index (χ1n) is 8.08. The molecule has 0 N–H and O–H groups in total. The molecule has 1 heterocycles. The van der Waals surface area contributed by atoms with Crippen LogP contribution in [-0.4, -0.2) is 19.3 Å². The summed E-state index contributed by atoms with van der Waals surface area (Å²) >= 11 is 0. The van der Waals surface area contributed by atoms with Gasteiger partial charge in [0.2, 0.25) is 0 Å². The first-order chi connectivity index (χ1) is 10.3. The third-order valence-electron chi connectivity index (χ3n) is 2.09.